The summed E-state index contributed by atoms with van der Waals surface area (Å²) < 4.78 is 10.8. The van der Waals surface area contributed by atoms with Crippen LogP contribution in [0.2, 0.25) is 0 Å². The molecule has 6 heteroatoms. The fourth-order valence-corrected chi connectivity index (χ4v) is 2.11. The molecule has 1 atom stereocenters. The van der Waals surface area contributed by atoms with Crippen LogP contribution in [0.5, 0.6) is 0 Å². The molecule has 2 heterocycles. The molecule has 1 aliphatic heterocycles. The number of aliphatic hydroxyl groups excluding tert-OH is 1. The quantitative estimate of drug-likeness (QED) is 0.890. The lowest BCUT2D eigenvalue weighted by Crippen LogP contribution is -2.36. The van der Waals surface area contributed by atoms with Crippen molar-refractivity contribution in [3.63, 3.8) is 0 Å². The van der Waals surface area contributed by atoms with Gasteiger partial charge in [0.1, 0.15) is 24.0 Å². The zero-order valence-corrected chi connectivity index (χ0v) is 11.5. The zero-order chi connectivity index (χ0) is 14.0. The van der Waals surface area contributed by atoms with Gasteiger partial charge in [0.05, 0.1) is 6.20 Å². The van der Waals surface area contributed by atoms with Crippen LogP contribution in [-0.4, -0.2) is 33.2 Å². The molecule has 0 saturated carbocycles. The number of carbonyl (C=O) groups excluding carboxylic acids is 1. The average molecular weight is 268 g/mol. The number of ether oxygens (including phenoxy) is 1. The first-order valence-corrected chi connectivity index (χ1v) is 6.46. The summed E-state index contributed by atoms with van der Waals surface area (Å²) in [7, 11) is 0. The molecular formula is C13H20N2O4. The van der Waals surface area contributed by atoms with Gasteiger partial charge in [0.15, 0.2) is 0 Å². The van der Waals surface area contributed by atoms with Gasteiger partial charge in [-0.05, 0) is 33.6 Å². The number of rotatable bonds is 2. The Labute approximate surface area is 112 Å². The second-order valence-electron chi connectivity index (χ2n) is 5.65. The number of aliphatic hydroxyl groups is 1. The maximum atomic E-state index is 12.1. The summed E-state index contributed by atoms with van der Waals surface area (Å²) in [5.74, 6) is 0.874. The Balaban J connectivity index is 2.10. The van der Waals surface area contributed by atoms with Crippen molar-refractivity contribution in [2.24, 2.45) is 0 Å². The Morgan fingerprint density at radius 1 is 1.63 bits per heavy atom. The first-order chi connectivity index (χ1) is 8.90. The van der Waals surface area contributed by atoms with E-state index in [0.29, 0.717) is 18.2 Å². The van der Waals surface area contributed by atoms with Gasteiger partial charge in [-0.25, -0.2) is 9.78 Å². The highest BCUT2D eigenvalue weighted by atomic mass is 16.6. The van der Waals surface area contributed by atoms with Crippen molar-refractivity contribution in [1.82, 2.24) is 9.88 Å². The topological polar surface area (TPSA) is 75.8 Å². The molecule has 1 amide bonds. The molecular weight excluding hydrogens is 248 g/mol. The van der Waals surface area contributed by atoms with Crippen LogP contribution in [0, 0.1) is 0 Å². The van der Waals surface area contributed by atoms with Crippen LogP contribution < -0.4 is 0 Å². The predicted molar refractivity (Wildman–Crippen MR) is 67.3 cm³/mol. The Hall–Kier alpha value is -1.56. The smallest absolute Gasteiger partial charge is 0.410 e. The number of nitrogens with zero attached hydrogens (tertiary/aromatic N) is 2. The molecule has 19 heavy (non-hydrogen) atoms. The molecule has 0 aromatic carbocycles. The molecule has 1 unspecified atom stereocenters. The molecule has 0 aliphatic carbocycles. The van der Waals surface area contributed by atoms with E-state index in [-0.39, 0.29) is 18.7 Å². The lowest BCUT2D eigenvalue weighted by molar-refractivity contribution is 0.0202. The second kappa shape index (κ2) is 5.21. The number of amides is 1. The van der Waals surface area contributed by atoms with E-state index in [1.54, 1.807) is 4.90 Å². The Morgan fingerprint density at radius 3 is 2.95 bits per heavy atom. The van der Waals surface area contributed by atoms with Crippen molar-refractivity contribution in [2.75, 3.05) is 6.54 Å². The normalized spacial score (nSPS) is 19.8. The van der Waals surface area contributed by atoms with E-state index in [2.05, 4.69) is 4.98 Å². The first-order valence-electron chi connectivity index (χ1n) is 6.46. The second-order valence-corrected chi connectivity index (χ2v) is 5.65. The standard InChI is InChI=1S/C13H20N2O4/c1-13(2,3)19-12(17)15-6-4-5-10(15)11-14-7-9(8-16)18-11/h7,10,16H,4-6,8H2,1-3H3. The molecule has 1 N–H and O–H groups in total. The molecule has 0 bridgehead atoms. The van der Waals surface area contributed by atoms with Crippen molar-refractivity contribution in [3.8, 4) is 0 Å². The summed E-state index contributed by atoms with van der Waals surface area (Å²) in [6.07, 6.45) is 2.82. The molecule has 1 aromatic rings. The van der Waals surface area contributed by atoms with Gasteiger partial charge in [0.2, 0.25) is 5.89 Å². The molecule has 2 rings (SSSR count). The minimum absolute atomic E-state index is 0.188. The molecule has 1 aromatic heterocycles. The predicted octanol–water partition coefficient (Wildman–Crippen LogP) is 2.24. The molecule has 6 nitrogen and oxygen atoms in total. The Bertz CT molecular complexity index is 450. The minimum atomic E-state index is -0.517. The van der Waals surface area contributed by atoms with Gasteiger partial charge >= 0.3 is 6.09 Å². The summed E-state index contributed by atoms with van der Waals surface area (Å²) in [6.45, 7) is 5.96. The van der Waals surface area contributed by atoms with E-state index in [4.69, 9.17) is 14.3 Å². The van der Waals surface area contributed by atoms with Gasteiger partial charge in [-0.1, -0.05) is 0 Å². The molecule has 0 spiro atoms. The lowest BCUT2D eigenvalue weighted by atomic mass is 10.2. The van der Waals surface area contributed by atoms with Crippen LogP contribution >= 0.6 is 0 Å². The SMILES string of the molecule is CC(C)(C)OC(=O)N1CCCC1c1ncc(CO)o1. The number of hydrogen-bond acceptors (Lipinski definition) is 5. The zero-order valence-electron chi connectivity index (χ0n) is 11.5. The number of carbonyl (C=O) groups is 1. The van der Waals surface area contributed by atoms with Gasteiger partial charge in [0, 0.05) is 6.54 Å². The Morgan fingerprint density at radius 2 is 2.37 bits per heavy atom. The molecule has 1 fully saturated rings. The van der Waals surface area contributed by atoms with E-state index in [9.17, 15) is 4.79 Å². The van der Waals surface area contributed by atoms with Gasteiger partial charge in [-0.3, -0.25) is 4.90 Å². The lowest BCUT2D eigenvalue weighted by Gasteiger charge is -2.27. The van der Waals surface area contributed by atoms with Crippen LogP contribution in [0.15, 0.2) is 10.6 Å². The fraction of sp³-hybridized carbons (Fsp3) is 0.692. The van der Waals surface area contributed by atoms with E-state index in [1.807, 2.05) is 20.8 Å². The van der Waals surface area contributed by atoms with Crippen LogP contribution in [0.4, 0.5) is 4.79 Å². The highest BCUT2D eigenvalue weighted by molar-refractivity contribution is 5.69. The van der Waals surface area contributed by atoms with Crippen molar-refractivity contribution >= 4 is 6.09 Å². The van der Waals surface area contributed by atoms with Gasteiger partial charge in [-0.2, -0.15) is 0 Å². The van der Waals surface area contributed by atoms with E-state index >= 15 is 0 Å². The van der Waals surface area contributed by atoms with Crippen molar-refractivity contribution in [3.05, 3.63) is 17.8 Å². The molecule has 0 radical (unpaired) electrons. The van der Waals surface area contributed by atoms with Gasteiger partial charge < -0.3 is 14.3 Å². The third-order valence-corrected chi connectivity index (χ3v) is 2.89. The van der Waals surface area contributed by atoms with Gasteiger partial charge in [0.25, 0.3) is 0 Å². The minimum Gasteiger partial charge on any atom is -0.444 e. The van der Waals surface area contributed by atoms with Crippen LogP contribution in [0.25, 0.3) is 0 Å². The number of hydrogen-bond donors (Lipinski definition) is 1. The number of aromatic nitrogens is 1. The maximum absolute atomic E-state index is 12.1. The van der Waals surface area contributed by atoms with Crippen LogP contribution in [0.3, 0.4) is 0 Å². The van der Waals surface area contributed by atoms with E-state index in [1.165, 1.54) is 6.20 Å². The number of oxazole rings is 1. The van der Waals surface area contributed by atoms with Crippen molar-refractivity contribution in [2.45, 2.75) is 51.9 Å². The third kappa shape index (κ3) is 3.26. The summed E-state index contributed by atoms with van der Waals surface area (Å²) in [6, 6.07) is -0.199. The molecule has 1 aliphatic rings. The highest BCUT2D eigenvalue weighted by Gasteiger charge is 2.35. The van der Waals surface area contributed by atoms with E-state index in [0.717, 1.165) is 12.8 Å². The first kappa shape index (κ1) is 13.9. The summed E-state index contributed by atoms with van der Waals surface area (Å²) in [4.78, 5) is 17.9. The number of likely N-dealkylation sites (tertiary alicyclic amines) is 1. The van der Waals surface area contributed by atoms with Crippen molar-refractivity contribution in [1.29, 1.82) is 0 Å². The maximum Gasteiger partial charge on any atom is 0.410 e. The fourth-order valence-electron chi connectivity index (χ4n) is 2.11. The highest BCUT2D eigenvalue weighted by Crippen LogP contribution is 2.32. The summed E-state index contributed by atoms with van der Waals surface area (Å²) >= 11 is 0. The Kier molecular flexibility index (Phi) is 3.80. The monoisotopic (exact) mass is 268 g/mol. The summed E-state index contributed by atoms with van der Waals surface area (Å²) in [5.41, 5.74) is -0.517. The summed E-state index contributed by atoms with van der Waals surface area (Å²) in [5, 5.41) is 8.98. The largest absolute Gasteiger partial charge is 0.444 e. The van der Waals surface area contributed by atoms with Gasteiger partial charge in [-0.15, -0.1) is 0 Å². The third-order valence-electron chi connectivity index (χ3n) is 2.89. The van der Waals surface area contributed by atoms with Crippen molar-refractivity contribution < 1.29 is 19.1 Å². The average Bonchev–Trinajstić information content (AvgIpc) is 2.95. The van der Waals surface area contributed by atoms with E-state index < -0.39 is 5.60 Å². The van der Waals surface area contributed by atoms with Crippen LogP contribution in [-0.2, 0) is 11.3 Å². The van der Waals surface area contributed by atoms with Crippen LogP contribution in [0.1, 0.15) is 51.3 Å². The molecule has 106 valence electrons. The molecule has 1 saturated heterocycles.